The zero-order chi connectivity index (χ0) is 8.97. The molecule has 0 radical (unpaired) electrons. The molecule has 0 unspecified atom stereocenters. The van der Waals surface area contributed by atoms with Gasteiger partial charge < -0.3 is 10.9 Å². The largest absolute Gasteiger partial charge is 0.409 e. The summed E-state index contributed by atoms with van der Waals surface area (Å²) in [4.78, 5) is 0. The Morgan fingerprint density at radius 2 is 2.00 bits per heavy atom. The van der Waals surface area contributed by atoms with Crippen LogP contribution in [0, 0.1) is 6.92 Å². The molecule has 0 aliphatic heterocycles. The number of oxime groups is 1. The zero-order valence-corrected chi connectivity index (χ0v) is 6.99. The van der Waals surface area contributed by atoms with Crippen molar-refractivity contribution in [1.82, 2.24) is 0 Å². The number of nitrogens with two attached hydrogens (primary N) is 1. The fraction of sp³-hybridized carbons (Fsp3) is 0.222. The average molecular weight is 164 g/mol. The quantitative estimate of drug-likeness (QED) is 0.299. The molecule has 12 heavy (non-hydrogen) atoms. The fourth-order valence-electron chi connectivity index (χ4n) is 0.950. The molecule has 1 rings (SSSR count). The van der Waals surface area contributed by atoms with Crippen molar-refractivity contribution >= 4 is 5.84 Å². The third-order valence-electron chi connectivity index (χ3n) is 1.63. The van der Waals surface area contributed by atoms with E-state index in [1.807, 2.05) is 31.2 Å². The monoisotopic (exact) mass is 164 g/mol. The van der Waals surface area contributed by atoms with E-state index in [9.17, 15) is 0 Å². The summed E-state index contributed by atoms with van der Waals surface area (Å²) in [6, 6.07) is 7.93. The van der Waals surface area contributed by atoms with Gasteiger partial charge in [0, 0.05) is 6.42 Å². The smallest absolute Gasteiger partial charge is 0.143 e. The van der Waals surface area contributed by atoms with Crippen LogP contribution >= 0.6 is 0 Å². The van der Waals surface area contributed by atoms with Gasteiger partial charge >= 0.3 is 0 Å². The maximum Gasteiger partial charge on any atom is 0.143 e. The van der Waals surface area contributed by atoms with E-state index in [4.69, 9.17) is 10.9 Å². The highest BCUT2D eigenvalue weighted by Crippen LogP contribution is 2.03. The molecule has 1 aromatic carbocycles. The summed E-state index contributed by atoms with van der Waals surface area (Å²) >= 11 is 0. The minimum Gasteiger partial charge on any atom is -0.409 e. The molecule has 3 N–H and O–H groups in total. The van der Waals surface area contributed by atoms with Gasteiger partial charge in [-0.1, -0.05) is 35.0 Å². The second-order valence-corrected chi connectivity index (χ2v) is 2.75. The Hall–Kier alpha value is -1.51. The van der Waals surface area contributed by atoms with Gasteiger partial charge in [0.05, 0.1) is 0 Å². The van der Waals surface area contributed by atoms with E-state index in [1.54, 1.807) is 0 Å². The summed E-state index contributed by atoms with van der Waals surface area (Å²) in [5.74, 6) is 0.235. The van der Waals surface area contributed by atoms with Gasteiger partial charge in [-0.3, -0.25) is 0 Å². The molecule has 0 aromatic heterocycles. The number of aryl methyl sites for hydroxylation is 1. The maximum absolute atomic E-state index is 8.31. The molecule has 64 valence electrons. The summed E-state index contributed by atoms with van der Waals surface area (Å²) in [6.07, 6.45) is 0.497. The van der Waals surface area contributed by atoms with Crippen molar-refractivity contribution in [2.24, 2.45) is 10.9 Å². The third-order valence-corrected chi connectivity index (χ3v) is 1.63. The van der Waals surface area contributed by atoms with E-state index in [1.165, 1.54) is 5.56 Å². The van der Waals surface area contributed by atoms with Crippen LogP contribution in [-0.2, 0) is 6.42 Å². The maximum atomic E-state index is 8.31. The lowest BCUT2D eigenvalue weighted by atomic mass is 10.1. The number of rotatable bonds is 2. The minimum absolute atomic E-state index is 0.235. The average Bonchev–Trinajstić information content (AvgIpc) is 2.09. The van der Waals surface area contributed by atoms with Gasteiger partial charge in [-0.05, 0) is 12.5 Å². The van der Waals surface area contributed by atoms with Crippen molar-refractivity contribution in [1.29, 1.82) is 0 Å². The molecule has 0 aliphatic rings. The van der Waals surface area contributed by atoms with Gasteiger partial charge in [0.15, 0.2) is 0 Å². The molecular formula is C9H12N2O. The van der Waals surface area contributed by atoms with Crippen LogP contribution in [0.25, 0.3) is 0 Å². The Bertz CT molecular complexity index is 277. The molecule has 3 heteroatoms. The van der Waals surface area contributed by atoms with Crippen molar-refractivity contribution in [3.8, 4) is 0 Å². The minimum atomic E-state index is 0.235. The highest BCUT2D eigenvalue weighted by molar-refractivity contribution is 5.81. The second kappa shape index (κ2) is 3.76. The van der Waals surface area contributed by atoms with Crippen LogP contribution in [-0.4, -0.2) is 11.0 Å². The SMILES string of the molecule is Cc1ccc(C/C(N)=N\O)cc1. The van der Waals surface area contributed by atoms with Crippen LogP contribution < -0.4 is 5.73 Å². The van der Waals surface area contributed by atoms with Gasteiger partial charge in [-0.2, -0.15) is 0 Å². The van der Waals surface area contributed by atoms with Gasteiger partial charge in [0.2, 0.25) is 0 Å². The lowest BCUT2D eigenvalue weighted by Crippen LogP contribution is -2.14. The van der Waals surface area contributed by atoms with E-state index >= 15 is 0 Å². The first kappa shape index (κ1) is 8.59. The van der Waals surface area contributed by atoms with E-state index in [0.29, 0.717) is 6.42 Å². The Kier molecular flexibility index (Phi) is 2.69. The van der Waals surface area contributed by atoms with Crippen molar-refractivity contribution in [2.75, 3.05) is 0 Å². The van der Waals surface area contributed by atoms with Crippen LogP contribution in [0.5, 0.6) is 0 Å². The first-order chi connectivity index (χ1) is 5.72. The summed E-state index contributed by atoms with van der Waals surface area (Å²) in [5.41, 5.74) is 7.60. The number of hydrogen-bond donors (Lipinski definition) is 2. The molecule has 0 amide bonds. The summed E-state index contributed by atoms with van der Waals surface area (Å²) < 4.78 is 0. The number of hydrogen-bond acceptors (Lipinski definition) is 2. The summed E-state index contributed by atoms with van der Waals surface area (Å²) in [5, 5.41) is 11.2. The van der Waals surface area contributed by atoms with Crippen molar-refractivity contribution in [3.05, 3.63) is 35.4 Å². The van der Waals surface area contributed by atoms with Gasteiger partial charge in [-0.25, -0.2) is 0 Å². The molecule has 0 saturated heterocycles. The second-order valence-electron chi connectivity index (χ2n) is 2.75. The molecule has 0 spiro atoms. The fourth-order valence-corrected chi connectivity index (χ4v) is 0.950. The van der Waals surface area contributed by atoms with Gasteiger partial charge in [0.25, 0.3) is 0 Å². The number of nitrogens with zero attached hydrogens (tertiary/aromatic N) is 1. The normalized spacial score (nSPS) is 11.6. The zero-order valence-electron chi connectivity index (χ0n) is 6.99. The number of amidine groups is 1. The topological polar surface area (TPSA) is 58.6 Å². The van der Waals surface area contributed by atoms with Crippen LogP contribution in [0.4, 0.5) is 0 Å². The standard InChI is InChI=1S/C9H12N2O/c1-7-2-4-8(5-3-7)6-9(10)11-12/h2-5,12H,6H2,1H3,(H2,10,11). The first-order valence-corrected chi connectivity index (χ1v) is 3.74. The van der Waals surface area contributed by atoms with Crippen LogP contribution in [0.15, 0.2) is 29.4 Å². The summed E-state index contributed by atoms with van der Waals surface area (Å²) in [6.45, 7) is 2.02. The van der Waals surface area contributed by atoms with E-state index in [0.717, 1.165) is 5.56 Å². The molecule has 0 aliphatic carbocycles. The lowest BCUT2D eigenvalue weighted by molar-refractivity contribution is 0.317. The number of benzene rings is 1. The highest BCUT2D eigenvalue weighted by Gasteiger charge is 1.95. The van der Waals surface area contributed by atoms with Crippen molar-refractivity contribution in [2.45, 2.75) is 13.3 Å². The van der Waals surface area contributed by atoms with Crippen LogP contribution in [0.3, 0.4) is 0 Å². The third kappa shape index (κ3) is 2.27. The Morgan fingerprint density at radius 3 is 2.50 bits per heavy atom. The lowest BCUT2D eigenvalue weighted by Gasteiger charge is -1.99. The molecule has 0 fully saturated rings. The predicted octanol–water partition coefficient (Wildman–Crippen LogP) is 1.28. The predicted molar refractivity (Wildman–Crippen MR) is 48.3 cm³/mol. The molecule has 1 aromatic rings. The van der Waals surface area contributed by atoms with E-state index < -0.39 is 0 Å². The molecule has 0 heterocycles. The van der Waals surface area contributed by atoms with Crippen molar-refractivity contribution in [3.63, 3.8) is 0 Å². The van der Waals surface area contributed by atoms with Crippen LogP contribution in [0.1, 0.15) is 11.1 Å². The molecule has 0 saturated carbocycles. The molecule has 3 nitrogen and oxygen atoms in total. The van der Waals surface area contributed by atoms with Crippen molar-refractivity contribution < 1.29 is 5.21 Å². The van der Waals surface area contributed by atoms with E-state index in [2.05, 4.69) is 5.16 Å². The first-order valence-electron chi connectivity index (χ1n) is 3.74. The molecular weight excluding hydrogens is 152 g/mol. The van der Waals surface area contributed by atoms with E-state index in [-0.39, 0.29) is 5.84 Å². The Morgan fingerprint density at radius 1 is 1.42 bits per heavy atom. The van der Waals surface area contributed by atoms with Gasteiger partial charge in [0.1, 0.15) is 5.84 Å². The van der Waals surface area contributed by atoms with Crippen LogP contribution in [0.2, 0.25) is 0 Å². The summed E-state index contributed by atoms with van der Waals surface area (Å²) in [7, 11) is 0. The molecule has 0 atom stereocenters. The highest BCUT2D eigenvalue weighted by atomic mass is 16.4. The van der Waals surface area contributed by atoms with Gasteiger partial charge in [-0.15, -0.1) is 0 Å². The Labute approximate surface area is 71.5 Å². The molecule has 0 bridgehead atoms. The Balaban J connectivity index is 2.71.